The molecule has 2 rings (SSSR count). The summed E-state index contributed by atoms with van der Waals surface area (Å²) >= 11 is 0. The summed E-state index contributed by atoms with van der Waals surface area (Å²) < 4.78 is 12.7. The Morgan fingerprint density at radius 3 is 2.32 bits per heavy atom. The number of carbonyl (C=O) groups excluding carboxylic acids is 1. The summed E-state index contributed by atoms with van der Waals surface area (Å²) in [6.45, 7) is 0.553. The summed E-state index contributed by atoms with van der Waals surface area (Å²) in [6.07, 6.45) is 0.353. The zero-order valence-electron chi connectivity index (χ0n) is 10.4. The number of para-hydroxylation sites is 1. The third kappa shape index (κ3) is 4.43. The number of hydrogen-bond acceptors (Lipinski definition) is 2. The van der Waals surface area contributed by atoms with E-state index in [0.717, 1.165) is 5.69 Å². The molecule has 0 radical (unpaired) electrons. The molecule has 0 saturated heterocycles. The van der Waals surface area contributed by atoms with Crippen molar-refractivity contribution in [3.05, 3.63) is 60.4 Å². The van der Waals surface area contributed by atoms with Crippen molar-refractivity contribution in [1.82, 2.24) is 0 Å². The van der Waals surface area contributed by atoms with Crippen molar-refractivity contribution in [2.24, 2.45) is 0 Å². The topological polar surface area (TPSA) is 41.1 Å². The highest BCUT2D eigenvalue weighted by atomic mass is 19.1. The number of amides is 1. The number of halogens is 1. The van der Waals surface area contributed by atoms with Gasteiger partial charge in [-0.1, -0.05) is 18.2 Å². The first-order valence-corrected chi connectivity index (χ1v) is 6.08. The molecular formula is C15H15FN2O. The average Bonchev–Trinajstić information content (AvgIpc) is 2.43. The number of rotatable bonds is 5. The average molecular weight is 258 g/mol. The van der Waals surface area contributed by atoms with Gasteiger partial charge in [0.2, 0.25) is 5.91 Å². The van der Waals surface area contributed by atoms with E-state index in [1.54, 1.807) is 0 Å². The van der Waals surface area contributed by atoms with Crippen LogP contribution in [0.25, 0.3) is 0 Å². The quantitative estimate of drug-likeness (QED) is 0.864. The molecule has 0 spiro atoms. The molecule has 0 atom stereocenters. The van der Waals surface area contributed by atoms with Crippen LogP contribution in [0.1, 0.15) is 6.42 Å². The van der Waals surface area contributed by atoms with Gasteiger partial charge in [0, 0.05) is 24.3 Å². The minimum Gasteiger partial charge on any atom is -0.385 e. The van der Waals surface area contributed by atoms with Gasteiger partial charge in [0.15, 0.2) is 0 Å². The molecule has 0 bridgehead atoms. The Kier molecular flexibility index (Phi) is 4.50. The molecule has 2 aromatic rings. The third-order valence-corrected chi connectivity index (χ3v) is 2.58. The molecule has 0 fully saturated rings. The molecule has 19 heavy (non-hydrogen) atoms. The molecule has 0 unspecified atom stereocenters. The third-order valence-electron chi connectivity index (χ3n) is 2.58. The summed E-state index contributed by atoms with van der Waals surface area (Å²) in [5.74, 6) is -0.418. The fraction of sp³-hybridized carbons (Fsp3) is 0.133. The summed E-state index contributed by atoms with van der Waals surface area (Å²) in [5.41, 5.74) is 1.59. The van der Waals surface area contributed by atoms with Crippen LogP contribution in [0, 0.1) is 5.82 Å². The lowest BCUT2D eigenvalue weighted by molar-refractivity contribution is -0.115. The molecule has 3 nitrogen and oxygen atoms in total. The molecule has 0 aromatic heterocycles. The van der Waals surface area contributed by atoms with E-state index < -0.39 is 0 Å². The van der Waals surface area contributed by atoms with Crippen LogP contribution in [-0.4, -0.2) is 12.5 Å². The summed E-state index contributed by atoms with van der Waals surface area (Å²) in [5, 5.41) is 5.86. The van der Waals surface area contributed by atoms with E-state index >= 15 is 0 Å². The van der Waals surface area contributed by atoms with Crippen molar-refractivity contribution in [1.29, 1.82) is 0 Å². The SMILES string of the molecule is O=C(CCNc1ccccc1)Nc1ccc(F)cc1. The lowest BCUT2D eigenvalue weighted by Gasteiger charge is -2.07. The highest BCUT2D eigenvalue weighted by Crippen LogP contribution is 2.09. The molecule has 0 aliphatic heterocycles. The van der Waals surface area contributed by atoms with Crippen molar-refractivity contribution >= 4 is 17.3 Å². The zero-order valence-corrected chi connectivity index (χ0v) is 10.4. The van der Waals surface area contributed by atoms with Crippen LogP contribution >= 0.6 is 0 Å². The maximum absolute atomic E-state index is 12.7. The largest absolute Gasteiger partial charge is 0.385 e. The van der Waals surface area contributed by atoms with Gasteiger partial charge in [-0.15, -0.1) is 0 Å². The van der Waals surface area contributed by atoms with Crippen molar-refractivity contribution in [2.75, 3.05) is 17.2 Å². The van der Waals surface area contributed by atoms with Gasteiger partial charge in [0.05, 0.1) is 0 Å². The predicted molar refractivity (Wildman–Crippen MR) is 74.6 cm³/mol. The van der Waals surface area contributed by atoms with Crippen molar-refractivity contribution in [3.63, 3.8) is 0 Å². The van der Waals surface area contributed by atoms with Gasteiger partial charge >= 0.3 is 0 Å². The lowest BCUT2D eigenvalue weighted by Crippen LogP contribution is -2.16. The number of hydrogen-bond donors (Lipinski definition) is 2. The van der Waals surface area contributed by atoms with Crippen LogP contribution in [0.15, 0.2) is 54.6 Å². The van der Waals surface area contributed by atoms with Crippen LogP contribution in [0.5, 0.6) is 0 Å². The van der Waals surface area contributed by atoms with Crippen LogP contribution in [0.4, 0.5) is 15.8 Å². The smallest absolute Gasteiger partial charge is 0.226 e. The molecule has 2 N–H and O–H groups in total. The van der Waals surface area contributed by atoms with Crippen LogP contribution < -0.4 is 10.6 Å². The van der Waals surface area contributed by atoms with E-state index in [4.69, 9.17) is 0 Å². The highest BCUT2D eigenvalue weighted by Gasteiger charge is 2.02. The maximum Gasteiger partial charge on any atom is 0.226 e. The minimum atomic E-state index is -0.316. The van der Waals surface area contributed by atoms with Gasteiger partial charge in [-0.05, 0) is 36.4 Å². The normalized spacial score (nSPS) is 9.95. The van der Waals surface area contributed by atoms with E-state index in [9.17, 15) is 9.18 Å². The number of nitrogens with one attached hydrogen (secondary N) is 2. The van der Waals surface area contributed by atoms with Gasteiger partial charge in [-0.3, -0.25) is 4.79 Å². The first-order valence-electron chi connectivity index (χ1n) is 6.08. The van der Waals surface area contributed by atoms with Gasteiger partial charge in [-0.2, -0.15) is 0 Å². The Balaban J connectivity index is 1.74. The molecule has 0 aliphatic carbocycles. The standard InChI is InChI=1S/C15H15FN2O/c16-12-6-8-14(9-7-12)18-15(19)10-11-17-13-4-2-1-3-5-13/h1-9,17H,10-11H2,(H,18,19). The molecule has 0 aliphatic rings. The van der Waals surface area contributed by atoms with Gasteiger partial charge in [0.25, 0.3) is 0 Å². The van der Waals surface area contributed by atoms with Crippen LogP contribution in [0.3, 0.4) is 0 Å². The summed E-state index contributed by atoms with van der Waals surface area (Å²) in [4.78, 5) is 11.6. The molecule has 4 heteroatoms. The second-order valence-corrected chi connectivity index (χ2v) is 4.10. The number of anilines is 2. The molecular weight excluding hydrogens is 243 g/mol. The highest BCUT2D eigenvalue weighted by molar-refractivity contribution is 5.90. The molecule has 2 aromatic carbocycles. The summed E-state index contributed by atoms with van der Waals surface area (Å²) in [7, 11) is 0. The van der Waals surface area contributed by atoms with Crippen LogP contribution in [-0.2, 0) is 4.79 Å². The van der Waals surface area contributed by atoms with E-state index in [-0.39, 0.29) is 11.7 Å². The fourth-order valence-corrected chi connectivity index (χ4v) is 1.63. The second-order valence-electron chi connectivity index (χ2n) is 4.10. The van der Waals surface area contributed by atoms with Crippen molar-refractivity contribution < 1.29 is 9.18 Å². The van der Waals surface area contributed by atoms with E-state index in [2.05, 4.69) is 10.6 Å². The molecule has 0 heterocycles. The lowest BCUT2D eigenvalue weighted by atomic mass is 10.3. The Morgan fingerprint density at radius 2 is 1.63 bits per heavy atom. The van der Waals surface area contributed by atoms with Gasteiger partial charge in [0.1, 0.15) is 5.82 Å². The van der Waals surface area contributed by atoms with Crippen molar-refractivity contribution in [2.45, 2.75) is 6.42 Å². The second kappa shape index (κ2) is 6.54. The molecule has 0 saturated carbocycles. The van der Waals surface area contributed by atoms with E-state index in [1.807, 2.05) is 30.3 Å². The molecule has 1 amide bonds. The predicted octanol–water partition coefficient (Wildman–Crippen LogP) is 3.27. The number of carbonyl (C=O) groups is 1. The Bertz CT molecular complexity index is 526. The molecule has 98 valence electrons. The van der Waals surface area contributed by atoms with Crippen molar-refractivity contribution in [3.8, 4) is 0 Å². The van der Waals surface area contributed by atoms with E-state index in [1.165, 1.54) is 24.3 Å². The van der Waals surface area contributed by atoms with Crippen LogP contribution in [0.2, 0.25) is 0 Å². The van der Waals surface area contributed by atoms with E-state index in [0.29, 0.717) is 18.7 Å². The first-order chi connectivity index (χ1) is 9.24. The Hall–Kier alpha value is -2.36. The maximum atomic E-state index is 12.7. The Morgan fingerprint density at radius 1 is 0.947 bits per heavy atom. The monoisotopic (exact) mass is 258 g/mol. The number of benzene rings is 2. The fourth-order valence-electron chi connectivity index (χ4n) is 1.63. The Labute approximate surface area is 111 Å². The minimum absolute atomic E-state index is 0.102. The summed E-state index contributed by atoms with van der Waals surface area (Å²) in [6, 6.07) is 15.4. The van der Waals surface area contributed by atoms with Gasteiger partial charge in [-0.25, -0.2) is 4.39 Å². The van der Waals surface area contributed by atoms with Gasteiger partial charge < -0.3 is 10.6 Å². The zero-order chi connectivity index (χ0) is 13.5. The first kappa shape index (κ1) is 13.1.